The number of carbonyl (C=O) groups is 1. The van der Waals surface area contributed by atoms with Gasteiger partial charge in [-0.1, -0.05) is 23.2 Å². The molecular weight excluding hydrogens is 217 g/mol. The number of hydrogen-bond acceptors (Lipinski definition) is 3. The smallest absolute Gasteiger partial charge is 0.449 e. The number of anilines is 1. The third-order valence-corrected chi connectivity index (χ3v) is 1.87. The lowest BCUT2D eigenvalue weighted by Crippen LogP contribution is -2.04. The Morgan fingerprint density at radius 1 is 1.38 bits per heavy atom. The highest BCUT2D eigenvalue weighted by Crippen LogP contribution is 2.32. The second-order valence-electron chi connectivity index (χ2n) is 2.17. The van der Waals surface area contributed by atoms with Crippen LogP contribution in [0, 0.1) is 0 Å². The predicted octanol–water partition coefficient (Wildman–Crippen LogP) is 2.63. The molecule has 0 aliphatic carbocycles. The lowest BCUT2D eigenvalue weighted by atomic mass is 10.3. The first-order valence-corrected chi connectivity index (χ1v) is 3.91. The minimum Gasteiger partial charge on any atom is -0.449 e. The maximum atomic E-state index is 10.2. The largest absolute Gasteiger partial charge is 0.511 e. The van der Waals surface area contributed by atoms with Gasteiger partial charge >= 0.3 is 6.16 Å². The molecule has 0 atom stereocenters. The molecule has 0 aliphatic heterocycles. The SMILES string of the molecule is Nc1cc(OC(=O)O)c(Cl)cc1Cl. The molecule has 0 radical (unpaired) electrons. The highest BCUT2D eigenvalue weighted by atomic mass is 35.5. The third-order valence-electron chi connectivity index (χ3n) is 1.25. The highest BCUT2D eigenvalue weighted by molar-refractivity contribution is 6.37. The van der Waals surface area contributed by atoms with E-state index in [1.165, 1.54) is 12.1 Å². The summed E-state index contributed by atoms with van der Waals surface area (Å²) in [7, 11) is 0. The Hall–Kier alpha value is -1.13. The second-order valence-corrected chi connectivity index (χ2v) is 2.99. The van der Waals surface area contributed by atoms with E-state index in [0.717, 1.165) is 0 Å². The Kier molecular flexibility index (Phi) is 2.85. The molecule has 0 saturated carbocycles. The normalized spacial score (nSPS) is 9.69. The number of carboxylic acid groups (broad SMARTS) is 1. The quantitative estimate of drug-likeness (QED) is 0.435. The van der Waals surface area contributed by atoms with Crippen LogP contribution in [0.2, 0.25) is 10.0 Å². The molecular formula is C7H5Cl2NO3. The molecule has 0 saturated heterocycles. The van der Waals surface area contributed by atoms with Crippen LogP contribution in [0.1, 0.15) is 0 Å². The van der Waals surface area contributed by atoms with E-state index in [-0.39, 0.29) is 21.5 Å². The van der Waals surface area contributed by atoms with Crippen LogP contribution in [0.3, 0.4) is 0 Å². The number of halogens is 2. The average molecular weight is 222 g/mol. The van der Waals surface area contributed by atoms with Crippen molar-refractivity contribution >= 4 is 35.0 Å². The Morgan fingerprint density at radius 3 is 2.54 bits per heavy atom. The minimum absolute atomic E-state index is 0.0314. The van der Waals surface area contributed by atoms with Gasteiger partial charge in [-0.2, -0.15) is 0 Å². The van der Waals surface area contributed by atoms with Gasteiger partial charge in [0.25, 0.3) is 0 Å². The predicted molar refractivity (Wildman–Crippen MR) is 49.5 cm³/mol. The Morgan fingerprint density at radius 2 is 2.00 bits per heavy atom. The van der Waals surface area contributed by atoms with E-state index in [1.807, 2.05) is 0 Å². The van der Waals surface area contributed by atoms with Gasteiger partial charge in [-0.15, -0.1) is 0 Å². The van der Waals surface area contributed by atoms with Crippen LogP contribution in [-0.4, -0.2) is 11.3 Å². The van der Waals surface area contributed by atoms with Crippen LogP contribution in [0.15, 0.2) is 12.1 Å². The van der Waals surface area contributed by atoms with Crippen molar-refractivity contribution in [3.8, 4) is 5.75 Å². The molecule has 0 fully saturated rings. The first-order chi connectivity index (χ1) is 6.00. The first-order valence-electron chi connectivity index (χ1n) is 3.16. The fourth-order valence-corrected chi connectivity index (χ4v) is 1.14. The van der Waals surface area contributed by atoms with E-state index in [4.69, 9.17) is 34.0 Å². The van der Waals surface area contributed by atoms with Gasteiger partial charge in [0, 0.05) is 6.07 Å². The van der Waals surface area contributed by atoms with Crippen LogP contribution in [0.5, 0.6) is 5.75 Å². The fraction of sp³-hybridized carbons (Fsp3) is 0. The maximum absolute atomic E-state index is 10.2. The molecule has 1 rings (SSSR count). The molecule has 1 aromatic rings. The van der Waals surface area contributed by atoms with Crippen LogP contribution in [-0.2, 0) is 0 Å². The fourth-order valence-electron chi connectivity index (χ4n) is 0.717. The standard InChI is InChI=1S/C7H5Cl2NO3/c8-3-1-4(9)6(2-5(3)10)13-7(11)12/h1-2H,10H2,(H,11,12). The molecule has 70 valence electrons. The molecule has 13 heavy (non-hydrogen) atoms. The van der Waals surface area contributed by atoms with E-state index >= 15 is 0 Å². The van der Waals surface area contributed by atoms with Gasteiger partial charge in [0.15, 0.2) is 5.75 Å². The second kappa shape index (κ2) is 3.72. The van der Waals surface area contributed by atoms with Crippen molar-refractivity contribution in [2.24, 2.45) is 0 Å². The molecule has 0 unspecified atom stereocenters. The van der Waals surface area contributed by atoms with E-state index in [2.05, 4.69) is 4.74 Å². The van der Waals surface area contributed by atoms with Crippen molar-refractivity contribution in [2.45, 2.75) is 0 Å². The lowest BCUT2D eigenvalue weighted by molar-refractivity contribution is 0.144. The summed E-state index contributed by atoms with van der Waals surface area (Å²) in [4.78, 5) is 10.2. The summed E-state index contributed by atoms with van der Waals surface area (Å²) in [5.41, 5.74) is 5.61. The number of nitrogens with two attached hydrogens (primary N) is 1. The van der Waals surface area contributed by atoms with Crippen molar-refractivity contribution in [2.75, 3.05) is 5.73 Å². The van der Waals surface area contributed by atoms with Crippen LogP contribution >= 0.6 is 23.2 Å². The van der Waals surface area contributed by atoms with E-state index in [1.54, 1.807) is 0 Å². The molecule has 6 heteroatoms. The van der Waals surface area contributed by atoms with Crippen LogP contribution in [0.25, 0.3) is 0 Å². The van der Waals surface area contributed by atoms with Crippen molar-refractivity contribution in [1.82, 2.24) is 0 Å². The topological polar surface area (TPSA) is 72.5 Å². The monoisotopic (exact) mass is 221 g/mol. The minimum atomic E-state index is -1.45. The van der Waals surface area contributed by atoms with Crippen LogP contribution < -0.4 is 10.5 Å². The summed E-state index contributed by atoms with van der Waals surface area (Å²) >= 11 is 11.2. The Balaban J connectivity index is 3.08. The Labute approximate surface area is 83.8 Å². The average Bonchev–Trinajstić information content (AvgIpc) is 1.99. The summed E-state index contributed by atoms with van der Waals surface area (Å²) in [5.74, 6) is -0.0314. The number of ether oxygens (including phenoxy) is 1. The van der Waals surface area contributed by atoms with Gasteiger partial charge in [0.05, 0.1) is 15.7 Å². The molecule has 0 bridgehead atoms. The van der Waals surface area contributed by atoms with Gasteiger partial charge in [-0.05, 0) is 6.07 Å². The van der Waals surface area contributed by atoms with E-state index in [9.17, 15) is 4.79 Å². The van der Waals surface area contributed by atoms with Crippen molar-refractivity contribution in [3.05, 3.63) is 22.2 Å². The molecule has 1 aromatic carbocycles. The van der Waals surface area contributed by atoms with Gasteiger partial charge in [0.2, 0.25) is 0 Å². The van der Waals surface area contributed by atoms with Crippen molar-refractivity contribution in [1.29, 1.82) is 0 Å². The summed E-state index contributed by atoms with van der Waals surface area (Å²) in [6.07, 6.45) is -1.45. The Bertz CT molecular complexity index is 354. The maximum Gasteiger partial charge on any atom is 0.511 e. The molecule has 4 nitrogen and oxygen atoms in total. The third kappa shape index (κ3) is 2.40. The number of rotatable bonds is 1. The highest BCUT2D eigenvalue weighted by Gasteiger charge is 2.09. The summed E-state index contributed by atoms with van der Waals surface area (Å²) in [6.45, 7) is 0. The van der Waals surface area contributed by atoms with Gasteiger partial charge < -0.3 is 15.6 Å². The van der Waals surface area contributed by atoms with Crippen molar-refractivity contribution < 1.29 is 14.6 Å². The van der Waals surface area contributed by atoms with Gasteiger partial charge in [0.1, 0.15) is 0 Å². The zero-order valence-corrected chi connectivity index (χ0v) is 7.76. The van der Waals surface area contributed by atoms with E-state index < -0.39 is 6.16 Å². The van der Waals surface area contributed by atoms with Crippen LogP contribution in [0.4, 0.5) is 10.5 Å². The zero-order chi connectivity index (χ0) is 10.0. The van der Waals surface area contributed by atoms with Crippen molar-refractivity contribution in [3.63, 3.8) is 0 Å². The summed E-state index contributed by atoms with van der Waals surface area (Å²) in [5, 5.41) is 8.65. The summed E-state index contributed by atoms with van der Waals surface area (Å²) < 4.78 is 4.33. The molecule has 3 N–H and O–H groups in total. The zero-order valence-electron chi connectivity index (χ0n) is 6.25. The van der Waals surface area contributed by atoms with E-state index in [0.29, 0.717) is 0 Å². The molecule has 0 spiro atoms. The first kappa shape index (κ1) is 9.95. The number of nitrogen functional groups attached to an aromatic ring is 1. The molecule has 0 amide bonds. The number of hydrogen-bond donors (Lipinski definition) is 2. The summed E-state index contributed by atoms with van der Waals surface area (Å²) in [6, 6.07) is 2.56. The molecule has 0 aromatic heterocycles. The van der Waals surface area contributed by atoms with Gasteiger partial charge in [-0.3, -0.25) is 0 Å². The molecule has 0 aliphatic rings. The number of benzene rings is 1. The lowest BCUT2D eigenvalue weighted by Gasteiger charge is -2.04. The molecule has 0 heterocycles. The van der Waals surface area contributed by atoms with Gasteiger partial charge in [-0.25, -0.2) is 4.79 Å².